The van der Waals surface area contributed by atoms with Gasteiger partial charge in [0.05, 0.1) is 12.1 Å². The molecule has 98 valence electrons. The summed E-state index contributed by atoms with van der Waals surface area (Å²) in [5.41, 5.74) is 1.16. The second kappa shape index (κ2) is 5.24. The summed E-state index contributed by atoms with van der Waals surface area (Å²) >= 11 is 2.14. The van der Waals surface area contributed by atoms with Crippen molar-refractivity contribution in [2.24, 2.45) is 4.99 Å². The molecule has 3 rings (SSSR count). The second-order valence-corrected chi connectivity index (χ2v) is 5.61. The minimum Gasteiger partial charge on any atom is -0.294 e. The van der Waals surface area contributed by atoms with E-state index in [1.807, 2.05) is 6.07 Å². The predicted octanol–water partition coefficient (Wildman–Crippen LogP) is 3.23. The van der Waals surface area contributed by atoms with Gasteiger partial charge in [0.15, 0.2) is 11.6 Å². The van der Waals surface area contributed by atoms with Crippen LogP contribution in [0.5, 0.6) is 0 Å². The molecule has 4 nitrogen and oxygen atoms in total. The van der Waals surface area contributed by atoms with Gasteiger partial charge in [0.2, 0.25) is 5.78 Å². The number of nitrogens with zero attached hydrogens (tertiary/aromatic N) is 2. The van der Waals surface area contributed by atoms with Crippen molar-refractivity contribution in [2.75, 3.05) is 0 Å². The van der Waals surface area contributed by atoms with E-state index >= 15 is 0 Å². The number of pyridine rings is 1. The molecule has 0 radical (unpaired) electrons. The third kappa shape index (κ3) is 2.40. The fourth-order valence-electron chi connectivity index (χ4n) is 2.07. The number of hydrogen-bond donors (Lipinski definition) is 0. The Morgan fingerprint density at radius 3 is 2.50 bits per heavy atom. The second-order valence-electron chi connectivity index (χ2n) is 4.37. The number of fused-ring (bicyclic) bond motifs is 1. The fourth-order valence-corrected chi connectivity index (χ4v) is 2.39. The molecule has 0 aliphatic heterocycles. The molecule has 1 aromatic heterocycles. The van der Waals surface area contributed by atoms with Gasteiger partial charge < -0.3 is 0 Å². The lowest BCUT2D eigenvalue weighted by Gasteiger charge is -2.14. The minimum absolute atomic E-state index is 0.0313. The molecule has 0 saturated heterocycles. The van der Waals surface area contributed by atoms with Gasteiger partial charge in [0, 0.05) is 20.9 Å². The van der Waals surface area contributed by atoms with E-state index in [4.69, 9.17) is 0 Å². The number of halogens is 1. The molecule has 0 spiro atoms. The van der Waals surface area contributed by atoms with Gasteiger partial charge in [-0.15, -0.1) is 0 Å². The molecule has 0 bridgehead atoms. The van der Waals surface area contributed by atoms with Crippen LogP contribution >= 0.6 is 22.6 Å². The molecule has 1 heterocycles. The molecule has 0 N–H and O–H groups in total. The highest BCUT2D eigenvalue weighted by Gasteiger charge is 2.28. The van der Waals surface area contributed by atoms with Gasteiger partial charge in [-0.3, -0.25) is 9.59 Å². The van der Waals surface area contributed by atoms with Crippen molar-refractivity contribution in [3.05, 3.63) is 57.3 Å². The summed E-state index contributed by atoms with van der Waals surface area (Å²) < 4.78 is 0.989. The highest BCUT2D eigenvalue weighted by atomic mass is 127. The molecule has 0 saturated carbocycles. The molecule has 1 aliphatic rings. The SMILES string of the molecule is O=C1CC(=Nc2ccc(I)cn2)C(=O)c2ccccc21. The van der Waals surface area contributed by atoms with E-state index < -0.39 is 0 Å². The zero-order chi connectivity index (χ0) is 14.1. The van der Waals surface area contributed by atoms with Crippen LogP contribution < -0.4 is 0 Å². The highest BCUT2D eigenvalue weighted by molar-refractivity contribution is 14.1. The van der Waals surface area contributed by atoms with Crippen molar-refractivity contribution in [2.45, 2.75) is 6.42 Å². The summed E-state index contributed by atoms with van der Waals surface area (Å²) in [6.07, 6.45) is 1.70. The molecule has 0 unspecified atom stereocenters. The summed E-state index contributed by atoms with van der Waals surface area (Å²) in [5.74, 6) is 0.172. The first-order valence-electron chi connectivity index (χ1n) is 6.01. The van der Waals surface area contributed by atoms with Crippen LogP contribution in [0.4, 0.5) is 5.82 Å². The maximum absolute atomic E-state index is 12.3. The lowest BCUT2D eigenvalue weighted by atomic mass is 9.88. The van der Waals surface area contributed by atoms with Crippen molar-refractivity contribution in [1.82, 2.24) is 4.98 Å². The Bertz CT molecular complexity index is 736. The van der Waals surface area contributed by atoms with Crippen molar-refractivity contribution >= 4 is 45.7 Å². The number of ketones is 2. The van der Waals surface area contributed by atoms with E-state index in [-0.39, 0.29) is 23.7 Å². The lowest BCUT2D eigenvalue weighted by Crippen LogP contribution is -2.26. The fraction of sp³-hybridized carbons (Fsp3) is 0.0667. The molecule has 0 atom stereocenters. The van der Waals surface area contributed by atoms with Crippen molar-refractivity contribution in [3.8, 4) is 0 Å². The van der Waals surface area contributed by atoms with Gasteiger partial charge in [-0.2, -0.15) is 0 Å². The van der Waals surface area contributed by atoms with Crippen LogP contribution in [0.15, 0.2) is 47.6 Å². The maximum Gasteiger partial charge on any atom is 0.208 e. The Kier molecular flexibility index (Phi) is 3.43. The van der Waals surface area contributed by atoms with Crippen molar-refractivity contribution in [1.29, 1.82) is 0 Å². The molecule has 0 fully saturated rings. The van der Waals surface area contributed by atoms with Crippen LogP contribution in [-0.2, 0) is 0 Å². The van der Waals surface area contributed by atoms with Crippen LogP contribution in [0.3, 0.4) is 0 Å². The van der Waals surface area contributed by atoms with Gasteiger partial charge in [-0.25, -0.2) is 9.98 Å². The zero-order valence-corrected chi connectivity index (χ0v) is 12.5. The zero-order valence-electron chi connectivity index (χ0n) is 10.3. The van der Waals surface area contributed by atoms with E-state index in [0.29, 0.717) is 16.9 Å². The molecule has 1 aliphatic carbocycles. The summed E-state index contributed by atoms with van der Waals surface area (Å²) in [4.78, 5) is 32.7. The van der Waals surface area contributed by atoms with E-state index in [1.165, 1.54) is 0 Å². The average Bonchev–Trinajstić information content (AvgIpc) is 2.47. The Labute approximate surface area is 129 Å². The van der Waals surface area contributed by atoms with Crippen LogP contribution in [0.2, 0.25) is 0 Å². The van der Waals surface area contributed by atoms with Gasteiger partial charge >= 0.3 is 0 Å². The number of carbonyl (C=O) groups is 2. The first-order valence-corrected chi connectivity index (χ1v) is 7.09. The van der Waals surface area contributed by atoms with Gasteiger partial charge in [-0.1, -0.05) is 24.3 Å². The lowest BCUT2D eigenvalue weighted by molar-refractivity contribution is 0.0965. The molecule has 0 amide bonds. The first-order chi connectivity index (χ1) is 9.65. The maximum atomic E-state index is 12.3. The molecule has 5 heteroatoms. The van der Waals surface area contributed by atoms with Crippen molar-refractivity contribution in [3.63, 3.8) is 0 Å². The summed E-state index contributed by atoms with van der Waals surface area (Å²) in [7, 11) is 0. The number of aliphatic imine (C=N–C) groups is 1. The Morgan fingerprint density at radius 1 is 1.05 bits per heavy atom. The van der Waals surface area contributed by atoms with Gasteiger partial charge in [0.25, 0.3) is 0 Å². The van der Waals surface area contributed by atoms with E-state index in [2.05, 4.69) is 32.6 Å². The monoisotopic (exact) mass is 376 g/mol. The number of aromatic nitrogens is 1. The van der Waals surface area contributed by atoms with Crippen molar-refractivity contribution < 1.29 is 9.59 Å². The van der Waals surface area contributed by atoms with E-state index in [1.54, 1.807) is 36.5 Å². The number of hydrogen-bond acceptors (Lipinski definition) is 4. The summed E-state index contributed by atoms with van der Waals surface area (Å²) in [6, 6.07) is 10.4. The Hall–Kier alpha value is -1.89. The van der Waals surface area contributed by atoms with E-state index in [0.717, 1.165) is 3.57 Å². The van der Waals surface area contributed by atoms with Crippen LogP contribution in [0.1, 0.15) is 27.1 Å². The minimum atomic E-state index is -0.194. The molecule has 20 heavy (non-hydrogen) atoms. The van der Waals surface area contributed by atoms with Gasteiger partial charge in [0.1, 0.15) is 0 Å². The Balaban J connectivity index is 2.03. The normalized spacial score (nSPS) is 16.4. The third-order valence-corrected chi connectivity index (χ3v) is 3.66. The summed E-state index contributed by atoms with van der Waals surface area (Å²) in [6.45, 7) is 0. The first kappa shape index (κ1) is 13.1. The van der Waals surface area contributed by atoms with Crippen LogP contribution in [0, 0.1) is 3.57 Å². The largest absolute Gasteiger partial charge is 0.294 e. The number of benzene rings is 1. The Morgan fingerprint density at radius 2 is 1.80 bits per heavy atom. The topological polar surface area (TPSA) is 59.4 Å². The number of Topliss-reactive ketones (excluding diaryl/α,β-unsaturated/α-hetero) is 2. The average molecular weight is 376 g/mol. The van der Waals surface area contributed by atoms with Gasteiger partial charge in [-0.05, 0) is 34.7 Å². The standard InChI is InChI=1S/C15H9IN2O2/c16-9-5-6-14(17-8-9)18-12-7-13(19)10-3-1-2-4-11(10)15(12)20/h1-6,8H,7H2. The third-order valence-electron chi connectivity index (χ3n) is 3.02. The van der Waals surface area contributed by atoms with Crippen LogP contribution in [-0.4, -0.2) is 22.3 Å². The molecule has 2 aromatic rings. The molecule has 1 aromatic carbocycles. The van der Waals surface area contributed by atoms with Crippen LogP contribution in [0.25, 0.3) is 0 Å². The number of rotatable bonds is 1. The summed E-state index contributed by atoms with van der Waals surface area (Å²) in [5, 5.41) is 0. The smallest absolute Gasteiger partial charge is 0.208 e. The molecular weight excluding hydrogens is 367 g/mol. The van der Waals surface area contributed by atoms with E-state index in [9.17, 15) is 9.59 Å². The predicted molar refractivity (Wildman–Crippen MR) is 83.8 cm³/mol. The molecular formula is C15H9IN2O2. The quantitative estimate of drug-likeness (QED) is 0.719. The highest BCUT2D eigenvalue weighted by Crippen LogP contribution is 2.21. The number of carbonyl (C=O) groups excluding carboxylic acids is 2.